The van der Waals surface area contributed by atoms with Gasteiger partial charge in [0.05, 0.1) is 0 Å². The molecular weight excluding hydrogens is 200 g/mol. The van der Waals surface area contributed by atoms with E-state index in [2.05, 4.69) is 69.8 Å². The first-order valence-electron chi connectivity index (χ1n) is 5.21. The Hall–Kier alpha value is -0.950. The number of hydrogen-bond donors (Lipinski definition) is 1. The Labute approximate surface area is 96.7 Å². The molecule has 0 aliphatic rings. The summed E-state index contributed by atoms with van der Waals surface area (Å²) in [6, 6.07) is 12.7. The smallest absolute Gasteiger partial charge is 0.00838 e. The van der Waals surface area contributed by atoms with E-state index in [9.17, 15) is 0 Å². The fraction of sp³-hybridized carbons (Fsp3) is 0.286. The molecule has 0 spiro atoms. The predicted molar refractivity (Wildman–Crippen MR) is 69.9 cm³/mol. The largest absolute Gasteiger partial charge is 0.143 e. The zero-order valence-corrected chi connectivity index (χ0v) is 10.3. The van der Waals surface area contributed by atoms with Crippen molar-refractivity contribution in [1.82, 2.24) is 0 Å². The van der Waals surface area contributed by atoms with Crippen molar-refractivity contribution >= 4 is 23.4 Å². The fourth-order valence-corrected chi connectivity index (χ4v) is 2.58. The van der Waals surface area contributed by atoms with Crippen molar-refractivity contribution in [2.45, 2.75) is 31.1 Å². The summed E-state index contributed by atoms with van der Waals surface area (Å²) in [5.74, 6) is 0. The molecule has 15 heavy (non-hydrogen) atoms. The SMILES string of the molecule is CC(C)(C)c1c(S)ccc2ccccc12. The molecule has 0 aromatic heterocycles. The van der Waals surface area contributed by atoms with Gasteiger partial charge in [0.15, 0.2) is 0 Å². The van der Waals surface area contributed by atoms with Gasteiger partial charge in [0.1, 0.15) is 0 Å². The number of thiol groups is 1. The molecule has 0 N–H and O–H groups in total. The second-order valence-electron chi connectivity index (χ2n) is 4.93. The van der Waals surface area contributed by atoms with Gasteiger partial charge in [0.2, 0.25) is 0 Å². The van der Waals surface area contributed by atoms with Crippen LogP contribution in [-0.2, 0) is 5.41 Å². The Bertz CT molecular complexity index is 492. The third-order valence-corrected chi connectivity index (χ3v) is 3.03. The van der Waals surface area contributed by atoms with Gasteiger partial charge in [0.25, 0.3) is 0 Å². The van der Waals surface area contributed by atoms with Crippen LogP contribution < -0.4 is 0 Å². The maximum absolute atomic E-state index is 4.57. The number of rotatable bonds is 0. The summed E-state index contributed by atoms with van der Waals surface area (Å²) in [5, 5.41) is 2.61. The molecule has 0 fully saturated rings. The maximum atomic E-state index is 4.57. The van der Waals surface area contributed by atoms with Gasteiger partial charge in [-0.05, 0) is 27.8 Å². The van der Waals surface area contributed by atoms with E-state index in [-0.39, 0.29) is 5.41 Å². The quantitative estimate of drug-likeness (QED) is 0.619. The minimum absolute atomic E-state index is 0.137. The van der Waals surface area contributed by atoms with Gasteiger partial charge < -0.3 is 0 Å². The molecule has 0 nitrogen and oxygen atoms in total. The van der Waals surface area contributed by atoms with Crippen LogP contribution in [0.1, 0.15) is 26.3 Å². The fourth-order valence-electron chi connectivity index (χ4n) is 2.05. The molecule has 0 saturated carbocycles. The minimum Gasteiger partial charge on any atom is -0.143 e. The molecule has 0 unspecified atom stereocenters. The molecule has 78 valence electrons. The van der Waals surface area contributed by atoms with Crippen LogP contribution in [0, 0.1) is 0 Å². The van der Waals surface area contributed by atoms with Crippen LogP contribution in [0.15, 0.2) is 41.3 Å². The Morgan fingerprint density at radius 2 is 1.60 bits per heavy atom. The number of fused-ring (bicyclic) bond motifs is 1. The molecule has 0 saturated heterocycles. The predicted octanol–water partition coefficient (Wildman–Crippen LogP) is 4.43. The maximum Gasteiger partial charge on any atom is 0.00838 e. The van der Waals surface area contributed by atoms with Crippen molar-refractivity contribution in [1.29, 1.82) is 0 Å². The van der Waals surface area contributed by atoms with Gasteiger partial charge in [-0.2, -0.15) is 0 Å². The van der Waals surface area contributed by atoms with Gasteiger partial charge in [-0.1, -0.05) is 51.1 Å². The molecule has 0 aliphatic heterocycles. The number of benzene rings is 2. The lowest BCUT2D eigenvalue weighted by Crippen LogP contribution is -2.12. The van der Waals surface area contributed by atoms with Gasteiger partial charge in [-0.15, -0.1) is 12.6 Å². The molecule has 0 aliphatic carbocycles. The van der Waals surface area contributed by atoms with Crippen LogP contribution in [0.4, 0.5) is 0 Å². The van der Waals surface area contributed by atoms with Crippen LogP contribution in [0.5, 0.6) is 0 Å². The molecule has 2 aromatic rings. The summed E-state index contributed by atoms with van der Waals surface area (Å²) in [5.41, 5.74) is 1.47. The van der Waals surface area contributed by atoms with E-state index in [0.717, 1.165) is 4.90 Å². The van der Waals surface area contributed by atoms with Crippen molar-refractivity contribution in [2.75, 3.05) is 0 Å². The summed E-state index contributed by atoms with van der Waals surface area (Å²) < 4.78 is 0. The average Bonchev–Trinajstić information content (AvgIpc) is 2.15. The molecular formula is C14H16S. The highest BCUT2D eigenvalue weighted by Crippen LogP contribution is 2.34. The molecule has 2 rings (SSSR count). The molecule has 0 radical (unpaired) electrons. The third-order valence-electron chi connectivity index (χ3n) is 2.66. The third kappa shape index (κ3) is 1.89. The van der Waals surface area contributed by atoms with Crippen molar-refractivity contribution in [3.8, 4) is 0 Å². The van der Waals surface area contributed by atoms with E-state index in [0.29, 0.717) is 0 Å². The molecule has 2 aromatic carbocycles. The van der Waals surface area contributed by atoms with Gasteiger partial charge in [-0.25, -0.2) is 0 Å². The first-order chi connectivity index (χ1) is 7.00. The summed E-state index contributed by atoms with van der Waals surface area (Å²) in [6.45, 7) is 6.69. The summed E-state index contributed by atoms with van der Waals surface area (Å²) in [4.78, 5) is 1.08. The second kappa shape index (κ2) is 3.57. The summed E-state index contributed by atoms with van der Waals surface area (Å²) in [7, 11) is 0. The van der Waals surface area contributed by atoms with Crippen molar-refractivity contribution in [3.05, 3.63) is 42.0 Å². The zero-order chi connectivity index (χ0) is 11.1. The topological polar surface area (TPSA) is 0 Å². The molecule has 0 atom stereocenters. The van der Waals surface area contributed by atoms with E-state index in [1.165, 1.54) is 16.3 Å². The van der Waals surface area contributed by atoms with Crippen LogP contribution >= 0.6 is 12.6 Å². The highest BCUT2D eigenvalue weighted by molar-refractivity contribution is 7.80. The summed E-state index contributed by atoms with van der Waals surface area (Å²) >= 11 is 4.57. The van der Waals surface area contributed by atoms with Gasteiger partial charge in [0, 0.05) is 4.90 Å². The molecule has 0 amide bonds. The van der Waals surface area contributed by atoms with Crippen LogP contribution in [0.2, 0.25) is 0 Å². The van der Waals surface area contributed by atoms with Crippen LogP contribution in [0.25, 0.3) is 10.8 Å². The highest BCUT2D eigenvalue weighted by Gasteiger charge is 2.19. The van der Waals surface area contributed by atoms with Crippen molar-refractivity contribution < 1.29 is 0 Å². The molecule has 0 bridgehead atoms. The standard InChI is InChI=1S/C14H16S/c1-14(2,3)13-11-7-5-4-6-10(11)8-9-12(13)15/h4-9,15H,1-3H3. The normalized spacial score (nSPS) is 12.0. The van der Waals surface area contributed by atoms with Gasteiger partial charge in [-0.3, -0.25) is 0 Å². The lowest BCUT2D eigenvalue weighted by atomic mass is 9.83. The Kier molecular flexibility index (Phi) is 2.51. The number of hydrogen-bond acceptors (Lipinski definition) is 1. The lowest BCUT2D eigenvalue weighted by Gasteiger charge is -2.23. The Morgan fingerprint density at radius 1 is 0.933 bits per heavy atom. The van der Waals surface area contributed by atoms with Crippen LogP contribution in [0.3, 0.4) is 0 Å². The highest BCUT2D eigenvalue weighted by atomic mass is 32.1. The van der Waals surface area contributed by atoms with Gasteiger partial charge >= 0.3 is 0 Å². The molecule has 0 heterocycles. The Balaban J connectivity index is 2.86. The van der Waals surface area contributed by atoms with Crippen molar-refractivity contribution in [2.24, 2.45) is 0 Å². The van der Waals surface area contributed by atoms with E-state index in [1.807, 2.05) is 0 Å². The minimum atomic E-state index is 0.137. The van der Waals surface area contributed by atoms with E-state index in [1.54, 1.807) is 0 Å². The van der Waals surface area contributed by atoms with E-state index >= 15 is 0 Å². The lowest BCUT2D eigenvalue weighted by molar-refractivity contribution is 0.584. The monoisotopic (exact) mass is 216 g/mol. The molecule has 1 heteroatoms. The van der Waals surface area contributed by atoms with E-state index < -0.39 is 0 Å². The zero-order valence-electron chi connectivity index (χ0n) is 9.41. The van der Waals surface area contributed by atoms with E-state index in [4.69, 9.17) is 0 Å². The summed E-state index contributed by atoms with van der Waals surface area (Å²) in [6.07, 6.45) is 0. The first-order valence-corrected chi connectivity index (χ1v) is 5.66. The Morgan fingerprint density at radius 3 is 2.27 bits per heavy atom. The van der Waals surface area contributed by atoms with Crippen LogP contribution in [-0.4, -0.2) is 0 Å². The first kappa shape index (κ1) is 10.6. The second-order valence-corrected chi connectivity index (χ2v) is 5.41. The van der Waals surface area contributed by atoms with Crippen molar-refractivity contribution in [3.63, 3.8) is 0 Å². The average molecular weight is 216 g/mol.